The van der Waals surface area contributed by atoms with Gasteiger partial charge in [-0.1, -0.05) is 11.3 Å². The molecule has 0 saturated heterocycles. The maximum Gasteiger partial charge on any atom is 0.264 e. The lowest BCUT2D eigenvalue weighted by Crippen LogP contribution is -2.38. The molecule has 0 saturated carbocycles. The average molecular weight is 280 g/mol. The third-order valence-electron chi connectivity index (χ3n) is 2.29. The molecule has 2 heterocycles. The highest BCUT2D eigenvalue weighted by molar-refractivity contribution is 7.12. The Morgan fingerprint density at radius 3 is 3.00 bits per heavy atom. The topological polar surface area (TPSA) is 104 Å². The molecule has 0 aromatic carbocycles. The monoisotopic (exact) mass is 280 g/mol. The van der Waals surface area contributed by atoms with Crippen molar-refractivity contribution in [3.63, 3.8) is 0 Å². The van der Waals surface area contributed by atoms with Crippen molar-refractivity contribution in [2.45, 2.75) is 6.54 Å². The van der Waals surface area contributed by atoms with Crippen LogP contribution in [-0.2, 0) is 11.3 Å². The van der Waals surface area contributed by atoms with Crippen molar-refractivity contribution in [1.82, 2.24) is 30.8 Å². The van der Waals surface area contributed by atoms with Gasteiger partial charge in [-0.3, -0.25) is 9.59 Å². The zero-order valence-corrected chi connectivity index (χ0v) is 11.0. The van der Waals surface area contributed by atoms with Crippen molar-refractivity contribution in [2.75, 3.05) is 13.6 Å². The van der Waals surface area contributed by atoms with E-state index in [1.807, 2.05) is 5.38 Å². The van der Waals surface area contributed by atoms with Crippen molar-refractivity contribution in [3.8, 4) is 0 Å². The molecule has 2 N–H and O–H groups in total. The second-order valence-corrected chi connectivity index (χ2v) is 4.69. The van der Waals surface area contributed by atoms with Crippen LogP contribution in [0.1, 0.15) is 15.5 Å². The summed E-state index contributed by atoms with van der Waals surface area (Å²) >= 11 is 1.34. The molecule has 2 aromatic rings. The summed E-state index contributed by atoms with van der Waals surface area (Å²) in [5.74, 6) is -0.0671. The lowest BCUT2D eigenvalue weighted by atomic mass is 10.4. The number of carbonyl (C=O) groups is 2. The summed E-state index contributed by atoms with van der Waals surface area (Å²) in [4.78, 5) is 25.5. The van der Waals surface area contributed by atoms with Gasteiger partial charge in [0, 0.05) is 7.05 Å². The lowest BCUT2D eigenvalue weighted by molar-refractivity contribution is -0.121. The van der Waals surface area contributed by atoms with Gasteiger partial charge in [-0.15, -0.1) is 21.5 Å². The second-order valence-electron chi connectivity index (χ2n) is 3.74. The largest absolute Gasteiger partial charge is 0.347 e. The number of nitrogens with one attached hydrogen (secondary N) is 2. The predicted molar refractivity (Wildman–Crippen MR) is 67.3 cm³/mol. The Morgan fingerprint density at radius 1 is 1.53 bits per heavy atom. The molecular weight excluding hydrogens is 268 g/mol. The molecule has 2 aromatic heterocycles. The zero-order chi connectivity index (χ0) is 13.7. The van der Waals surface area contributed by atoms with Crippen molar-refractivity contribution in [3.05, 3.63) is 28.2 Å². The highest BCUT2D eigenvalue weighted by Gasteiger charge is 2.15. The number of tetrazole rings is 1. The van der Waals surface area contributed by atoms with Gasteiger partial charge in [-0.05, 0) is 11.4 Å². The minimum Gasteiger partial charge on any atom is -0.347 e. The number of H-pyrrole nitrogens is 1. The number of aromatic nitrogens is 4. The van der Waals surface area contributed by atoms with Gasteiger partial charge >= 0.3 is 0 Å². The molecule has 9 heteroatoms. The molecule has 0 fully saturated rings. The third kappa shape index (κ3) is 3.58. The van der Waals surface area contributed by atoms with Crippen LogP contribution in [0.4, 0.5) is 0 Å². The second kappa shape index (κ2) is 6.05. The lowest BCUT2D eigenvalue weighted by Gasteiger charge is -2.15. The fraction of sp³-hybridized carbons (Fsp3) is 0.300. The Labute approximate surface area is 112 Å². The molecule has 2 amide bonds. The molecule has 0 bridgehead atoms. The molecule has 19 heavy (non-hydrogen) atoms. The number of carbonyl (C=O) groups excluding carboxylic acids is 2. The van der Waals surface area contributed by atoms with Gasteiger partial charge in [0.05, 0.1) is 18.0 Å². The van der Waals surface area contributed by atoms with Crippen LogP contribution < -0.4 is 5.32 Å². The van der Waals surface area contributed by atoms with Gasteiger partial charge in [0.25, 0.3) is 5.91 Å². The molecule has 0 atom stereocenters. The van der Waals surface area contributed by atoms with E-state index in [-0.39, 0.29) is 24.9 Å². The van der Waals surface area contributed by atoms with Gasteiger partial charge in [0.2, 0.25) is 5.91 Å². The van der Waals surface area contributed by atoms with Crippen LogP contribution in [0.2, 0.25) is 0 Å². The van der Waals surface area contributed by atoms with E-state index in [2.05, 4.69) is 25.9 Å². The number of hydrogen-bond donors (Lipinski definition) is 2. The predicted octanol–water partition coefficient (Wildman–Crippen LogP) is -0.350. The smallest absolute Gasteiger partial charge is 0.264 e. The number of nitrogens with zero attached hydrogens (tertiary/aromatic N) is 4. The molecule has 100 valence electrons. The average Bonchev–Trinajstić information content (AvgIpc) is 3.08. The summed E-state index contributed by atoms with van der Waals surface area (Å²) in [5.41, 5.74) is 0. The van der Waals surface area contributed by atoms with Crippen LogP contribution in [0.25, 0.3) is 0 Å². The van der Waals surface area contributed by atoms with E-state index in [1.165, 1.54) is 16.2 Å². The summed E-state index contributed by atoms with van der Waals surface area (Å²) in [5, 5.41) is 17.5. The summed E-state index contributed by atoms with van der Waals surface area (Å²) < 4.78 is 0. The van der Waals surface area contributed by atoms with Crippen LogP contribution in [0.5, 0.6) is 0 Å². The normalized spacial score (nSPS) is 10.2. The van der Waals surface area contributed by atoms with Gasteiger partial charge < -0.3 is 10.2 Å². The molecule has 0 aliphatic carbocycles. The SMILES string of the molecule is CN(CC(=O)NCc1nn[nH]n1)C(=O)c1cccs1. The van der Waals surface area contributed by atoms with Crippen LogP contribution in [0, 0.1) is 0 Å². The number of rotatable bonds is 5. The Bertz CT molecular complexity index is 538. The third-order valence-corrected chi connectivity index (χ3v) is 3.15. The van der Waals surface area contributed by atoms with E-state index in [1.54, 1.807) is 19.2 Å². The Kier molecular flexibility index (Phi) is 4.18. The van der Waals surface area contributed by atoms with Crippen LogP contribution in [-0.4, -0.2) is 50.9 Å². The summed E-state index contributed by atoms with van der Waals surface area (Å²) in [7, 11) is 1.58. The van der Waals surface area contributed by atoms with Crippen molar-refractivity contribution in [1.29, 1.82) is 0 Å². The number of hydrogen-bond acceptors (Lipinski definition) is 6. The molecular formula is C10H12N6O2S. The number of likely N-dealkylation sites (N-methyl/N-ethyl adjacent to an activating group) is 1. The molecule has 2 rings (SSSR count). The van der Waals surface area contributed by atoms with Crippen molar-refractivity contribution < 1.29 is 9.59 Å². The van der Waals surface area contributed by atoms with Crippen molar-refractivity contribution in [2.24, 2.45) is 0 Å². The first kappa shape index (κ1) is 13.1. The van der Waals surface area contributed by atoms with Crippen LogP contribution >= 0.6 is 11.3 Å². The van der Waals surface area contributed by atoms with E-state index >= 15 is 0 Å². The minimum atomic E-state index is -0.280. The Morgan fingerprint density at radius 2 is 2.37 bits per heavy atom. The minimum absolute atomic E-state index is 0.0193. The Hall–Kier alpha value is -2.29. The number of thiophene rings is 1. The molecule has 0 aliphatic rings. The summed E-state index contributed by atoms with van der Waals surface area (Å²) in [6.07, 6.45) is 0. The fourth-order valence-corrected chi connectivity index (χ4v) is 2.08. The van der Waals surface area contributed by atoms with Crippen LogP contribution in [0.15, 0.2) is 17.5 Å². The highest BCUT2D eigenvalue weighted by Crippen LogP contribution is 2.10. The van der Waals surface area contributed by atoms with Gasteiger partial charge in [-0.2, -0.15) is 5.21 Å². The van der Waals surface area contributed by atoms with Gasteiger partial charge in [0.15, 0.2) is 5.82 Å². The first-order valence-corrected chi connectivity index (χ1v) is 6.33. The maximum absolute atomic E-state index is 11.9. The van der Waals surface area contributed by atoms with E-state index in [0.29, 0.717) is 10.7 Å². The Balaban J connectivity index is 1.80. The van der Waals surface area contributed by atoms with Gasteiger partial charge in [-0.25, -0.2) is 0 Å². The highest BCUT2D eigenvalue weighted by atomic mass is 32.1. The van der Waals surface area contributed by atoms with E-state index in [0.717, 1.165) is 0 Å². The number of amides is 2. The first-order chi connectivity index (χ1) is 9.16. The van der Waals surface area contributed by atoms with E-state index in [4.69, 9.17) is 0 Å². The maximum atomic E-state index is 11.9. The summed E-state index contributed by atoms with van der Waals surface area (Å²) in [6.45, 7) is 0.158. The van der Waals surface area contributed by atoms with Crippen molar-refractivity contribution >= 4 is 23.2 Å². The van der Waals surface area contributed by atoms with Crippen LogP contribution in [0.3, 0.4) is 0 Å². The zero-order valence-electron chi connectivity index (χ0n) is 10.2. The molecule has 8 nitrogen and oxygen atoms in total. The van der Waals surface area contributed by atoms with Gasteiger partial charge in [0.1, 0.15) is 0 Å². The standard InChI is InChI=1S/C10H12N6O2S/c1-16(10(18)7-3-2-4-19-7)6-9(17)11-5-8-12-14-15-13-8/h2-4H,5-6H2,1H3,(H,11,17)(H,12,13,14,15). The fourth-order valence-electron chi connectivity index (χ4n) is 1.37. The summed E-state index contributed by atoms with van der Waals surface area (Å²) in [6, 6.07) is 3.52. The first-order valence-electron chi connectivity index (χ1n) is 5.45. The van der Waals surface area contributed by atoms with E-state index < -0.39 is 0 Å². The van der Waals surface area contributed by atoms with E-state index in [9.17, 15) is 9.59 Å². The quantitative estimate of drug-likeness (QED) is 0.779. The number of aromatic amines is 1. The molecule has 0 unspecified atom stereocenters. The molecule has 0 aliphatic heterocycles. The molecule has 0 radical (unpaired) electrons. The molecule has 0 spiro atoms.